The summed E-state index contributed by atoms with van der Waals surface area (Å²) in [5, 5.41) is 14.7. The Morgan fingerprint density at radius 1 is 0.889 bits per heavy atom. The lowest BCUT2D eigenvalue weighted by Gasteiger charge is -2.16. The zero-order chi connectivity index (χ0) is 19.1. The van der Waals surface area contributed by atoms with E-state index in [1.807, 2.05) is 60.7 Å². The topological polar surface area (TPSA) is 84.6 Å². The zero-order valence-electron chi connectivity index (χ0n) is 14.4. The van der Waals surface area contributed by atoms with E-state index in [4.69, 9.17) is 0 Å². The second-order valence-corrected chi connectivity index (χ2v) is 5.84. The summed E-state index contributed by atoms with van der Waals surface area (Å²) in [4.78, 5) is 23.0. The van der Waals surface area contributed by atoms with Crippen LogP contribution in [-0.4, -0.2) is 17.0 Å². The average Bonchev–Trinajstić information content (AvgIpc) is 2.70. The highest BCUT2D eigenvalue weighted by molar-refractivity contribution is 5.88. The van der Waals surface area contributed by atoms with Gasteiger partial charge in [0, 0.05) is 12.1 Å². The predicted molar refractivity (Wildman–Crippen MR) is 104 cm³/mol. The van der Waals surface area contributed by atoms with Crippen LogP contribution in [0.25, 0.3) is 0 Å². The Morgan fingerprint density at radius 3 is 1.89 bits per heavy atom. The largest absolute Gasteiger partial charge is 0.272 e. The Bertz CT molecular complexity index is 900. The number of nitrogens with zero attached hydrogens (tertiary/aromatic N) is 2. The van der Waals surface area contributed by atoms with Crippen molar-refractivity contribution >= 4 is 17.8 Å². The molecule has 3 aromatic rings. The van der Waals surface area contributed by atoms with Gasteiger partial charge in [0.05, 0.1) is 17.1 Å². The van der Waals surface area contributed by atoms with Crippen LogP contribution in [0.4, 0.5) is 5.69 Å². The van der Waals surface area contributed by atoms with Gasteiger partial charge < -0.3 is 0 Å². The molecule has 1 amide bonds. The fourth-order valence-corrected chi connectivity index (χ4v) is 2.70. The van der Waals surface area contributed by atoms with Gasteiger partial charge in [-0.05, 0) is 28.8 Å². The molecule has 6 nitrogen and oxygen atoms in total. The standard InChI is InChI=1S/C21H17N3O3/c25-21(23-22-15-16-11-13-19(14-12-16)24(26)27)20(17-7-3-1-4-8-17)18-9-5-2-6-10-18/h1-15,20H,(H,23,25). The van der Waals surface area contributed by atoms with Crippen molar-refractivity contribution in [1.29, 1.82) is 0 Å². The summed E-state index contributed by atoms with van der Waals surface area (Å²) in [6.45, 7) is 0. The van der Waals surface area contributed by atoms with Gasteiger partial charge in [-0.25, -0.2) is 5.43 Å². The van der Waals surface area contributed by atoms with Crippen LogP contribution in [0.2, 0.25) is 0 Å². The molecule has 1 N–H and O–H groups in total. The first-order valence-electron chi connectivity index (χ1n) is 8.32. The van der Waals surface area contributed by atoms with Gasteiger partial charge in [0.2, 0.25) is 0 Å². The van der Waals surface area contributed by atoms with E-state index < -0.39 is 10.8 Å². The smallest absolute Gasteiger partial charge is 0.269 e. The third kappa shape index (κ3) is 4.64. The van der Waals surface area contributed by atoms with Crippen molar-refractivity contribution in [3.05, 3.63) is 112 Å². The highest BCUT2D eigenvalue weighted by Gasteiger charge is 2.22. The van der Waals surface area contributed by atoms with E-state index in [0.717, 1.165) is 11.1 Å². The first-order valence-corrected chi connectivity index (χ1v) is 8.32. The number of nitro groups is 1. The quantitative estimate of drug-likeness (QED) is 0.412. The molecule has 0 heterocycles. The Kier molecular flexibility index (Phi) is 5.69. The molecule has 0 bridgehead atoms. The number of non-ortho nitro benzene ring substituents is 1. The maximum atomic E-state index is 12.8. The van der Waals surface area contributed by atoms with Crippen molar-refractivity contribution in [3.63, 3.8) is 0 Å². The summed E-state index contributed by atoms with van der Waals surface area (Å²) < 4.78 is 0. The molecule has 27 heavy (non-hydrogen) atoms. The van der Waals surface area contributed by atoms with Crippen LogP contribution in [0.5, 0.6) is 0 Å². The number of hydrogen-bond acceptors (Lipinski definition) is 4. The Morgan fingerprint density at radius 2 is 1.41 bits per heavy atom. The Hall–Kier alpha value is -3.80. The highest BCUT2D eigenvalue weighted by Crippen LogP contribution is 2.24. The normalized spacial score (nSPS) is 10.9. The molecule has 0 aromatic heterocycles. The monoisotopic (exact) mass is 359 g/mol. The van der Waals surface area contributed by atoms with Crippen LogP contribution >= 0.6 is 0 Å². The van der Waals surface area contributed by atoms with Gasteiger partial charge in [-0.2, -0.15) is 5.10 Å². The molecule has 0 saturated carbocycles. The maximum absolute atomic E-state index is 12.8. The van der Waals surface area contributed by atoms with Gasteiger partial charge >= 0.3 is 0 Å². The van der Waals surface area contributed by atoms with E-state index in [0.29, 0.717) is 5.56 Å². The number of carbonyl (C=O) groups is 1. The lowest BCUT2D eigenvalue weighted by Crippen LogP contribution is -2.26. The summed E-state index contributed by atoms with van der Waals surface area (Å²) in [7, 11) is 0. The van der Waals surface area contributed by atoms with Crippen molar-refractivity contribution in [2.75, 3.05) is 0 Å². The summed E-state index contributed by atoms with van der Waals surface area (Å²) in [5.41, 5.74) is 4.95. The highest BCUT2D eigenvalue weighted by atomic mass is 16.6. The molecule has 0 atom stereocenters. The minimum atomic E-state index is -0.485. The summed E-state index contributed by atoms with van der Waals surface area (Å²) in [6, 6.07) is 24.9. The van der Waals surface area contributed by atoms with E-state index in [-0.39, 0.29) is 11.6 Å². The van der Waals surface area contributed by atoms with Gasteiger partial charge in [-0.3, -0.25) is 14.9 Å². The van der Waals surface area contributed by atoms with Crippen molar-refractivity contribution in [2.45, 2.75) is 5.92 Å². The van der Waals surface area contributed by atoms with Crippen LogP contribution in [0.3, 0.4) is 0 Å². The van der Waals surface area contributed by atoms with Crippen molar-refractivity contribution in [2.24, 2.45) is 5.10 Å². The average molecular weight is 359 g/mol. The van der Waals surface area contributed by atoms with E-state index in [9.17, 15) is 14.9 Å². The molecule has 0 fully saturated rings. The van der Waals surface area contributed by atoms with E-state index >= 15 is 0 Å². The predicted octanol–water partition coefficient (Wildman–Crippen LogP) is 3.88. The van der Waals surface area contributed by atoms with Crippen LogP contribution in [0, 0.1) is 10.1 Å². The van der Waals surface area contributed by atoms with E-state index in [1.54, 1.807) is 12.1 Å². The molecule has 3 aromatic carbocycles. The minimum absolute atomic E-state index is 0.00408. The lowest BCUT2D eigenvalue weighted by atomic mass is 9.91. The molecule has 0 unspecified atom stereocenters. The molecule has 134 valence electrons. The molecule has 0 aliphatic heterocycles. The molecule has 3 rings (SSSR count). The Balaban J connectivity index is 1.76. The molecule has 6 heteroatoms. The third-order valence-corrected chi connectivity index (χ3v) is 4.02. The van der Waals surface area contributed by atoms with Gasteiger partial charge in [0.25, 0.3) is 11.6 Å². The number of benzene rings is 3. The zero-order valence-corrected chi connectivity index (χ0v) is 14.4. The molecule has 0 aliphatic carbocycles. The number of hydrogen-bond donors (Lipinski definition) is 1. The van der Waals surface area contributed by atoms with Crippen LogP contribution < -0.4 is 5.43 Å². The van der Waals surface area contributed by atoms with E-state index in [1.165, 1.54) is 18.3 Å². The van der Waals surface area contributed by atoms with E-state index in [2.05, 4.69) is 10.5 Å². The van der Waals surface area contributed by atoms with Crippen LogP contribution in [0.1, 0.15) is 22.6 Å². The van der Waals surface area contributed by atoms with Gasteiger partial charge in [0.1, 0.15) is 0 Å². The van der Waals surface area contributed by atoms with Crippen molar-refractivity contribution < 1.29 is 9.72 Å². The number of nitrogens with one attached hydrogen (secondary N) is 1. The maximum Gasteiger partial charge on any atom is 0.269 e. The first kappa shape index (κ1) is 18.0. The number of amides is 1. The molecule has 0 spiro atoms. The number of hydrazone groups is 1. The van der Waals surface area contributed by atoms with Gasteiger partial charge in [0.15, 0.2) is 0 Å². The lowest BCUT2D eigenvalue weighted by molar-refractivity contribution is -0.384. The molecular formula is C21H17N3O3. The summed E-state index contributed by atoms with van der Waals surface area (Å²) >= 11 is 0. The SMILES string of the molecule is O=C(NN=Cc1ccc([N+](=O)[O-])cc1)C(c1ccccc1)c1ccccc1. The van der Waals surface area contributed by atoms with Gasteiger partial charge in [-0.1, -0.05) is 60.7 Å². The van der Waals surface area contributed by atoms with Gasteiger partial charge in [-0.15, -0.1) is 0 Å². The van der Waals surface area contributed by atoms with Crippen LogP contribution in [-0.2, 0) is 4.79 Å². The third-order valence-electron chi connectivity index (χ3n) is 4.02. The van der Waals surface area contributed by atoms with Crippen molar-refractivity contribution in [1.82, 2.24) is 5.43 Å². The van der Waals surface area contributed by atoms with Crippen LogP contribution in [0.15, 0.2) is 90.0 Å². The molecule has 0 aliphatic rings. The van der Waals surface area contributed by atoms with Crippen molar-refractivity contribution in [3.8, 4) is 0 Å². The first-order chi connectivity index (χ1) is 13.1. The fraction of sp³-hybridized carbons (Fsp3) is 0.0476. The molecule has 0 radical (unpaired) electrons. The second kappa shape index (κ2) is 8.53. The number of nitro benzene ring substituents is 1. The summed E-state index contributed by atoms with van der Waals surface area (Å²) in [5.74, 6) is -0.744. The second-order valence-electron chi connectivity index (χ2n) is 5.84. The Labute approximate surface area is 156 Å². The number of carbonyl (C=O) groups excluding carboxylic acids is 1. The fourth-order valence-electron chi connectivity index (χ4n) is 2.70. The molecular weight excluding hydrogens is 342 g/mol. The summed E-state index contributed by atoms with van der Waals surface area (Å²) in [6.07, 6.45) is 1.45. The number of rotatable bonds is 6. The molecule has 0 saturated heterocycles. The minimum Gasteiger partial charge on any atom is -0.272 e.